The molecule has 0 spiro atoms. The molecule has 0 fully saturated rings. The summed E-state index contributed by atoms with van der Waals surface area (Å²) >= 11 is 9.54. The van der Waals surface area contributed by atoms with Crippen LogP contribution < -0.4 is 14.8 Å². The highest BCUT2D eigenvalue weighted by Gasteiger charge is 2.15. The van der Waals surface area contributed by atoms with Gasteiger partial charge in [-0.3, -0.25) is 10.2 Å². The van der Waals surface area contributed by atoms with Gasteiger partial charge in [0, 0.05) is 30.3 Å². The molecule has 0 aliphatic heterocycles. The number of ether oxygens (including phenoxy) is 3. The van der Waals surface area contributed by atoms with Gasteiger partial charge in [0.1, 0.15) is 17.7 Å². The molecule has 0 aliphatic rings. The molecule has 27 heavy (non-hydrogen) atoms. The fraction of sp³-hybridized carbons (Fsp3) is 0.235. The van der Waals surface area contributed by atoms with Crippen molar-refractivity contribution in [3.63, 3.8) is 0 Å². The summed E-state index contributed by atoms with van der Waals surface area (Å²) in [7, 11) is 1.53. The first-order chi connectivity index (χ1) is 12.8. The van der Waals surface area contributed by atoms with Crippen molar-refractivity contribution in [1.29, 1.82) is 5.41 Å². The summed E-state index contributed by atoms with van der Waals surface area (Å²) in [6.45, 7) is 2.06. The van der Waals surface area contributed by atoms with Gasteiger partial charge in [-0.15, -0.1) is 12.6 Å². The minimum absolute atomic E-state index is 0.0189. The van der Waals surface area contributed by atoms with Crippen molar-refractivity contribution in [2.75, 3.05) is 13.7 Å². The number of nitrogens with zero attached hydrogens (tertiary/aromatic N) is 1. The Labute approximate surface area is 165 Å². The average molecular weight is 414 g/mol. The fourth-order valence-corrected chi connectivity index (χ4v) is 2.40. The number of methoxy groups -OCH3 is 1. The Kier molecular flexibility index (Phi) is 7.40. The van der Waals surface area contributed by atoms with Crippen molar-refractivity contribution in [3.05, 3.63) is 46.7 Å². The molecule has 2 N–H and O–H groups in total. The number of benzene rings is 1. The fourth-order valence-electron chi connectivity index (χ4n) is 2.09. The molecule has 2 rings (SSSR count). The standard InChI is InChI=1S/C17H17ClFN3O4S/c1-9(8-24-2)25-14-3-10(16(23)22-17(20)27)4-15(21-14)26-13-6-11(18)5-12(19)7-13/h3-7,9H,8H2,1-2H3,(H3,20,22,23,27)/t9-/m1/s1. The van der Waals surface area contributed by atoms with Gasteiger partial charge < -0.3 is 19.5 Å². The Morgan fingerprint density at radius 1 is 1.33 bits per heavy atom. The van der Waals surface area contributed by atoms with Crippen LogP contribution in [0.3, 0.4) is 0 Å². The summed E-state index contributed by atoms with van der Waals surface area (Å²) in [5.41, 5.74) is 0.112. The van der Waals surface area contributed by atoms with Gasteiger partial charge in [-0.05, 0) is 19.1 Å². The molecule has 2 aromatic rings. The van der Waals surface area contributed by atoms with E-state index in [4.69, 9.17) is 31.2 Å². The number of pyridine rings is 1. The summed E-state index contributed by atoms with van der Waals surface area (Å²) in [6.07, 6.45) is -0.347. The number of thiol groups is 1. The molecule has 0 saturated heterocycles. The van der Waals surface area contributed by atoms with E-state index in [1.54, 1.807) is 6.92 Å². The van der Waals surface area contributed by atoms with E-state index >= 15 is 0 Å². The third-order valence-corrected chi connectivity index (χ3v) is 3.38. The van der Waals surface area contributed by atoms with Crippen molar-refractivity contribution < 1.29 is 23.4 Å². The Bertz CT molecular complexity index is 833. The number of carbonyl (C=O) groups is 1. The smallest absolute Gasteiger partial charge is 0.257 e. The molecule has 1 heterocycles. The number of aromatic nitrogens is 1. The monoisotopic (exact) mass is 413 g/mol. The molecule has 1 amide bonds. The topological polar surface area (TPSA) is 93.5 Å². The second-order valence-electron chi connectivity index (χ2n) is 5.43. The van der Waals surface area contributed by atoms with E-state index in [2.05, 4.69) is 22.9 Å². The maximum absolute atomic E-state index is 13.5. The highest BCUT2D eigenvalue weighted by atomic mass is 35.5. The van der Waals surface area contributed by atoms with Crippen LogP contribution in [-0.2, 0) is 4.74 Å². The second kappa shape index (κ2) is 9.54. The number of amides is 1. The second-order valence-corrected chi connectivity index (χ2v) is 6.31. The summed E-state index contributed by atoms with van der Waals surface area (Å²) in [5, 5.41) is 9.31. The highest BCUT2D eigenvalue weighted by molar-refractivity contribution is 7.96. The van der Waals surface area contributed by atoms with Crippen LogP contribution in [0.2, 0.25) is 5.02 Å². The van der Waals surface area contributed by atoms with Crippen LogP contribution in [0.25, 0.3) is 0 Å². The van der Waals surface area contributed by atoms with Crippen molar-refractivity contribution in [1.82, 2.24) is 10.3 Å². The molecule has 1 atom stereocenters. The van der Waals surface area contributed by atoms with Gasteiger partial charge in [-0.1, -0.05) is 11.6 Å². The van der Waals surface area contributed by atoms with Gasteiger partial charge in [0.25, 0.3) is 5.91 Å². The molecule has 0 saturated carbocycles. The molecule has 0 bridgehead atoms. The van der Waals surface area contributed by atoms with Gasteiger partial charge in [-0.2, -0.15) is 4.98 Å². The van der Waals surface area contributed by atoms with E-state index in [9.17, 15) is 9.18 Å². The first-order valence-electron chi connectivity index (χ1n) is 7.67. The van der Waals surface area contributed by atoms with Crippen molar-refractivity contribution in [2.45, 2.75) is 13.0 Å². The van der Waals surface area contributed by atoms with Gasteiger partial charge in [0.05, 0.1) is 12.2 Å². The normalized spacial score (nSPS) is 11.6. The number of nitrogens with one attached hydrogen (secondary N) is 2. The van der Waals surface area contributed by atoms with Crippen LogP contribution in [0.1, 0.15) is 17.3 Å². The first-order valence-corrected chi connectivity index (χ1v) is 8.50. The molecule has 0 radical (unpaired) electrons. The number of rotatable bonds is 7. The number of halogens is 2. The van der Waals surface area contributed by atoms with Crippen LogP contribution in [0.15, 0.2) is 30.3 Å². The Balaban J connectivity index is 2.35. The van der Waals surface area contributed by atoms with Crippen LogP contribution in [-0.4, -0.2) is 35.9 Å². The van der Waals surface area contributed by atoms with E-state index in [0.717, 1.165) is 12.1 Å². The van der Waals surface area contributed by atoms with E-state index in [1.165, 1.54) is 25.3 Å². The summed E-state index contributed by atoms with van der Waals surface area (Å²) in [4.78, 5) is 16.3. The van der Waals surface area contributed by atoms with Gasteiger partial charge in [0.2, 0.25) is 11.8 Å². The molecule has 10 heteroatoms. The van der Waals surface area contributed by atoms with Crippen molar-refractivity contribution in [2.24, 2.45) is 0 Å². The summed E-state index contributed by atoms with van der Waals surface area (Å²) < 4.78 is 29.6. The minimum atomic E-state index is -0.608. The predicted octanol–water partition coefficient (Wildman–Crippen LogP) is 3.67. The number of hydrogen-bond donors (Lipinski definition) is 3. The maximum atomic E-state index is 13.5. The Morgan fingerprint density at radius 2 is 2.04 bits per heavy atom. The average Bonchev–Trinajstić information content (AvgIpc) is 2.53. The SMILES string of the molecule is COC[C@@H](C)Oc1cc(C(=O)NC(=N)S)cc(Oc2cc(F)cc(Cl)c2)n1. The lowest BCUT2D eigenvalue weighted by atomic mass is 10.2. The van der Waals surface area contributed by atoms with E-state index < -0.39 is 11.7 Å². The Hall–Kier alpha value is -2.36. The van der Waals surface area contributed by atoms with Gasteiger partial charge in [0.15, 0.2) is 5.17 Å². The Morgan fingerprint density at radius 3 is 2.67 bits per heavy atom. The van der Waals surface area contributed by atoms with Crippen molar-refractivity contribution in [3.8, 4) is 17.5 Å². The zero-order valence-corrected chi connectivity index (χ0v) is 16.1. The molecule has 1 aromatic heterocycles. The highest BCUT2D eigenvalue weighted by Crippen LogP contribution is 2.27. The molecular weight excluding hydrogens is 397 g/mol. The molecule has 0 unspecified atom stereocenters. The predicted molar refractivity (Wildman–Crippen MR) is 102 cm³/mol. The lowest BCUT2D eigenvalue weighted by molar-refractivity contribution is 0.0880. The van der Waals surface area contributed by atoms with E-state index in [0.29, 0.717) is 6.61 Å². The zero-order valence-electron chi connectivity index (χ0n) is 14.5. The third-order valence-electron chi connectivity index (χ3n) is 3.05. The quantitative estimate of drug-likeness (QED) is 0.366. The van der Waals surface area contributed by atoms with Crippen LogP contribution in [0, 0.1) is 11.2 Å². The van der Waals surface area contributed by atoms with E-state index in [1.807, 2.05) is 0 Å². The minimum Gasteiger partial charge on any atom is -0.472 e. The molecule has 7 nitrogen and oxygen atoms in total. The van der Waals surface area contributed by atoms with Gasteiger partial charge >= 0.3 is 0 Å². The van der Waals surface area contributed by atoms with Crippen LogP contribution in [0.5, 0.6) is 17.5 Å². The van der Waals surface area contributed by atoms with Crippen LogP contribution >= 0.6 is 24.2 Å². The number of carbonyl (C=O) groups excluding carboxylic acids is 1. The summed E-state index contributed by atoms with van der Waals surface area (Å²) in [5.74, 6) is -1.02. The third kappa shape index (κ3) is 6.70. The summed E-state index contributed by atoms with van der Waals surface area (Å²) in [6, 6.07) is 6.35. The lowest BCUT2D eigenvalue weighted by Gasteiger charge is -2.15. The number of hydrogen-bond acceptors (Lipinski definition) is 6. The molecule has 144 valence electrons. The largest absolute Gasteiger partial charge is 0.472 e. The lowest BCUT2D eigenvalue weighted by Crippen LogP contribution is -2.26. The van der Waals surface area contributed by atoms with Crippen LogP contribution in [0.4, 0.5) is 4.39 Å². The maximum Gasteiger partial charge on any atom is 0.257 e. The molecule has 1 aromatic carbocycles. The van der Waals surface area contributed by atoms with Gasteiger partial charge in [-0.25, -0.2) is 4.39 Å². The van der Waals surface area contributed by atoms with Crippen molar-refractivity contribution >= 4 is 35.3 Å². The number of amidine groups is 1. The molecular formula is C17H17ClFN3O4S. The molecule has 0 aliphatic carbocycles. The first kappa shape index (κ1) is 20.9. The zero-order chi connectivity index (χ0) is 20.0. The van der Waals surface area contributed by atoms with E-state index in [-0.39, 0.29) is 39.4 Å².